The fourth-order valence-electron chi connectivity index (χ4n) is 4.47. The summed E-state index contributed by atoms with van der Waals surface area (Å²) in [5.41, 5.74) is -3.87. The molecule has 0 spiro atoms. The number of nitrogens with two attached hydrogens (primary N) is 1. The molecule has 1 saturated heterocycles. The number of nitrogen functional groups attached to an aromatic ring is 1. The van der Waals surface area contributed by atoms with Gasteiger partial charge in [-0.2, -0.15) is 44.6 Å². The van der Waals surface area contributed by atoms with E-state index in [2.05, 4.69) is 15.4 Å². The Hall–Kier alpha value is -3.21. The summed E-state index contributed by atoms with van der Waals surface area (Å²) in [5, 5.41) is 14.4. The van der Waals surface area contributed by atoms with Gasteiger partial charge in [0.1, 0.15) is 27.9 Å². The van der Waals surface area contributed by atoms with Gasteiger partial charge in [-0.3, -0.25) is 9.59 Å². The number of amides is 2. The van der Waals surface area contributed by atoms with Gasteiger partial charge in [-0.05, 0) is 18.2 Å². The third-order valence-corrected chi connectivity index (χ3v) is 8.54. The number of carbonyl (C=O) groups excluding carboxylic acids is 2. The van der Waals surface area contributed by atoms with Gasteiger partial charge in [0.2, 0.25) is 5.91 Å². The highest BCUT2D eigenvalue weighted by Gasteiger charge is 2.71. The lowest BCUT2D eigenvalue weighted by molar-refractivity contribution is -0.367. The first-order valence-corrected chi connectivity index (χ1v) is 13.5. The molecule has 0 saturated carbocycles. The summed E-state index contributed by atoms with van der Waals surface area (Å²) in [5.74, 6) is -5.12. The number of nitrogens with zero attached hydrogens (tertiary/aromatic N) is 4. The number of rotatable bonds is 5. The van der Waals surface area contributed by atoms with E-state index in [-0.39, 0.29) is 4.90 Å². The van der Waals surface area contributed by atoms with Gasteiger partial charge in [0.15, 0.2) is 5.82 Å². The van der Waals surface area contributed by atoms with Crippen LogP contribution in [-0.2, 0) is 11.0 Å². The molecule has 1 unspecified atom stereocenters. The lowest BCUT2D eigenvalue weighted by Crippen LogP contribution is -2.59. The highest BCUT2D eigenvalue weighted by molar-refractivity contribution is 14.1. The van der Waals surface area contributed by atoms with Crippen LogP contribution in [0.25, 0.3) is 16.8 Å². The van der Waals surface area contributed by atoms with E-state index in [9.17, 15) is 58.6 Å². The molecule has 0 bridgehead atoms. The molecular weight excluding hydrogens is 780 g/mol. The Bertz CT molecular complexity index is 1650. The molecule has 1 fully saturated rings. The summed E-state index contributed by atoms with van der Waals surface area (Å²) in [4.78, 5) is 29.2. The van der Waals surface area contributed by atoms with E-state index in [1.807, 2.05) is 0 Å². The van der Waals surface area contributed by atoms with Crippen molar-refractivity contribution in [1.82, 2.24) is 24.8 Å². The number of hydrogen-bond donors (Lipinski definition) is 3. The van der Waals surface area contributed by atoms with Crippen LogP contribution in [-0.4, -0.2) is 77.2 Å². The van der Waals surface area contributed by atoms with Gasteiger partial charge in [-0.1, -0.05) is 34.2 Å². The molecule has 0 radical (unpaired) electrons. The molecule has 3 aromatic rings. The van der Waals surface area contributed by atoms with Gasteiger partial charge in [-0.15, -0.1) is 0 Å². The second kappa shape index (κ2) is 11.5. The van der Waals surface area contributed by atoms with E-state index in [4.69, 9.17) is 17.3 Å². The fraction of sp³-hybridized carbons (Fsp3) is 0.391. The summed E-state index contributed by atoms with van der Waals surface area (Å²) in [6.07, 6.45) is -21.7. The monoisotopic (exact) mass is 794 g/mol. The van der Waals surface area contributed by atoms with Gasteiger partial charge in [-0.25, -0.2) is 18.3 Å². The summed E-state index contributed by atoms with van der Waals surface area (Å²) >= 11 is 7.23. The summed E-state index contributed by atoms with van der Waals surface area (Å²) in [7, 11) is 0. The Morgan fingerprint density at radius 1 is 1.09 bits per heavy atom. The van der Waals surface area contributed by atoms with Crippen LogP contribution in [0.3, 0.4) is 0 Å². The number of benzene rings is 1. The Kier molecular flexibility index (Phi) is 8.89. The number of likely N-dealkylation sites (tertiary alicyclic amines) is 1. The number of halogens is 13. The third kappa shape index (κ3) is 6.16. The van der Waals surface area contributed by atoms with Crippen LogP contribution in [0.4, 0.5) is 54.1 Å². The lowest BCUT2D eigenvalue weighted by Gasteiger charge is -2.33. The fourth-order valence-corrected chi connectivity index (χ4v) is 5.88. The molecule has 1 aromatic carbocycles. The number of aliphatic hydroxyl groups is 1. The molecule has 4 rings (SSSR count). The molecule has 0 aliphatic carbocycles. The number of hydrogen-bond acceptors (Lipinski definition) is 6. The Morgan fingerprint density at radius 3 is 2.24 bits per heavy atom. The Balaban J connectivity index is 1.64. The molecule has 4 N–H and O–H groups in total. The molecule has 2 amide bonds. The zero-order valence-corrected chi connectivity index (χ0v) is 24.4. The van der Waals surface area contributed by atoms with Crippen LogP contribution in [0.1, 0.15) is 22.3 Å². The standard InChI is InChI=1S/C23H15ClF11IN6O3/c24-10-3-11(25)8(13-2-9(21(27,28)29)16-18(37)38-6-39-42(13)16)1-7(10)19(44)40-15-12(26)5-41(17(15)36)14(43)4-20(45,22(30,31)32)23(33,34)35/h1-3,6,12,15,17,45H,4-5H2,(H,40,44)(H2,37,38,39)/t12-,15+,17?/m0/s1. The molecule has 1 aliphatic rings. The van der Waals surface area contributed by atoms with E-state index in [0.29, 0.717) is 22.7 Å². The minimum absolute atomic E-state index is 0.242. The summed E-state index contributed by atoms with van der Waals surface area (Å²) in [6.45, 7) is -1.09. The van der Waals surface area contributed by atoms with Gasteiger partial charge in [0.25, 0.3) is 11.5 Å². The van der Waals surface area contributed by atoms with Crippen LogP contribution in [0, 0.1) is 5.82 Å². The molecule has 22 heteroatoms. The van der Waals surface area contributed by atoms with Crippen LogP contribution in [0.5, 0.6) is 0 Å². The van der Waals surface area contributed by atoms with Crippen LogP contribution in [0.15, 0.2) is 24.5 Å². The second-order valence-corrected chi connectivity index (χ2v) is 11.3. The lowest BCUT2D eigenvalue weighted by atomic mass is 9.97. The summed E-state index contributed by atoms with van der Waals surface area (Å²) < 4.78 is 148. The number of fused-ring (bicyclic) bond motifs is 1. The molecule has 3 atom stereocenters. The van der Waals surface area contributed by atoms with Gasteiger partial charge < -0.3 is 21.1 Å². The Morgan fingerprint density at radius 2 is 1.69 bits per heavy atom. The predicted molar refractivity (Wildman–Crippen MR) is 140 cm³/mol. The number of alkyl halides is 11. The van der Waals surface area contributed by atoms with Gasteiger partial charge in [0.05, 0.1) is 40.9 Å². The molecule has 2 aromatic heterocycles. The molecular formula is C23H15ClF11IN6O3. The maximum absolute atomic E-state index is 15.0. The van der Waals surface area contributed by atoms with E-state index in [1.165, 1.54) is 22.6 Å². The van der Waals surface area contributed by atoms with Crippen molar-refractivity contribution in [2.24, 2.45) is 0 Å². The molecule has 9 nitrogen and oxygen atoms in total. The highest BCUT2D eigenvalue weighted by atomic mass is 127. The number of aromatic nitrogens is 3. The first-order valence-electron chi connectivity index (χ1n) is 11.9. The first-order chi connectivity index (χ1) is 20.5. The maximum Gasteiger partial charge on any atom is 0.426 e. The normalized spacial score (nSPS) is 19.8. The van der Waals surface area contributed by atoms with Crippen molar-refractivity contribution < 1.29 is 63.0 Å². The zero-order valence-electron chi connectivity index (χ0n) is 21.5. The highest BCUT2D eigenvalue weighted by Crippen LogP contribution is 2.46. The smallest absolute Gasteiger partial charge is 0.382 e. The van der Waals surface area contributed by atoms with Crippen molar-refractivity contribution in [3.63, 3.8) is 0 Å². The van der Waals surface area contributed by atoms with Gasteiger partial charge in [0, 0.05) is 5.56 Å². The van der Waals surface area contributed by atoms with Crippen LogP contribution in [0.2, 0.25) is 5.02 Å². The van der Waals surface area contributed by atoms with Crippen LogP contribution < -0.4 is 11.1 Å². The maximum atomic E-state index is 15.0. The number of nitrogens with one attached hydrogen (secondary N) is 1. The SMILES string of the molecule is Nc1ncnn2c(-c3cc(C(=O)N[C@H]4C(I)N(C(=O)CC(O)(C(F)(F)F)C(F)(F)F)C[C@@H]4F)c(Cl)cc3F)cc(C(F)(F)F)c12. The van der Waals surface area contributed by atoms with Gasteiger partial charge >= 0.3 is 18.5 Å². The summed E-state index contributed by atoms with van der Waals surface area (Å²) in [6, 6.07) is -0.0872. The van der Waals surface area contributed by atoms with Crippen molar-refractivity contribution in [3.8, 4) is 11.3 Å². The largest absolute Gasteiger partial charge is 0.426 e. The quantitative estimate of drug-likeness (QED) is 0.143. The number of anilines is 1. The van der Waals surface area contributed by atoms with E-state index in [0.717, 1.165) is 6.33 Å². The van der Waals surface area contributed by atoms with Crippen LogP contribution >= 0.6 is 34.2 Å². The van der Waals surface area contributed by atoms with E-state index >= 15 is 4.39 Å². The molecule has 3 heterocycles. The van der Waals surface area contributed by atoms with Crippen molar-refractivity contribution in [1.29, 1.82) is 0 Å². The predicted octanol–water partition coefficient (Wildman–Crippen LogP) is 5.08. The topological polar surface area (TPSA) is 126 Å². The minimum atomic E-state index is -6.33. The van der Waals surface area contributed by atoms with Crippen molar-refractivity contribution >= 4 is 57.3 Å². The van der Waals surface area contributed by atoms with E-state index < -0.39 is 110 Å². The zero-order chi connectivity index (χ0) is 34.0. The van der Waals surface area contributed by atoms with Crippen molar-refractivity contribution in [2.45, 2.75) is 46.8 Å². The number of carbonyl (C=O) groups is 2. The average Bonchev–Trinajstić information content (AvgIpc) is 3.42. The van der Waals surface area contributed by atoms with Crippen molar-refractivity contribution in [3.05, 3.63) is 46.5 Å². The molecule has 246 valence electrons. The average molecular weight is 795 g/mol. The van der Waals surface area contributed by atoms with Crippen molar-refractivity contribution in [2.75, 3.05) is 12.3 Å². The van der Waals surface area contributed by atoms with E-state index in [1.54, 1.807) is 0 Å². The Labute approximate surface area is 261 Å². The first kappa shape index (κ1) is 34.7. The minimum Gasteiger partial charge on any atom is -0.382 e. The molecule has 45 heavy (non-hydrogen) atoms. The second-order valence-electron chi connectivity index (χ2n) is 9.63. The molecule has 1 aliphatic heterocycles. The third-order valence-electron chi connectivity index (χ3n) is 6.78.